The second-order valence-electron chi connectivity index (χ2n) is 3.49. The van der Waals surface area contributed by atoms with Crippen molar-refractivity contribution in [2.24, 2.45) is 5.73 Å². The van der Waals surface area contributed by atoms with E-state index in [9.17, 15) is 4.79 Å². The van der Waals surface area contributed by atoms with Gasteiger partial charge < -0.3 is 10.6 Å². The number of nitrogens with zero attached hydrogens (tertiary/aromatic N) is 1. The van der Waals surface area contributed by atoms with Crippen LogP contribution in [0.15, 0.2) is 0 Å². The fourth-order valence-corrected chi connectivity index (χ4v) is 2.40. The summed E-state index contributed by atoms with van der Waals surface area (Å²) in [6.07, 6.45) is 2.56. The van der Waals surface area contributed by atoms with Crippen molar-refractivity contribution in [1.29, 1.82) is 0 Å². The molecule has 0 radical (unpaired) electrons. The summed E-state index contributed by atoms with van der Waals surface area (Å²) in [6.45, 7) is 3.61. The monoisotopic (exact) mass is 248 g/mol. The van der Waals surface area contributed by atoms with Crippen molar-refractivity contribution < 1.29 is 4.79 Å². The van der Waals surface area contributed by atoms with Crippen LogP contribution in [0.2, 0.25) is 0 Å². The Kier molecular flexibility index (Phi) is 4.19. The number of rotatable bonds is 4. The van der Waals surface area contributed by atoms with Gasteiger partial charge in [0, 0.05) is 23.8 Å². The lowest BCUT2D eigenvalue weighted by Crippen LogP contribution is -2.37. The molecule has 13 heavy (non-hydrogen) atoms. The molecular formula is C9H17BrN2O. The van der Waals surface area contributed by atoms with E-state index in [1.165, 1.54) is 0 Å². The van der Waals surface area contributed by atoms with Gasteiger partial charge in [0.05, 0.1) is 0 Å². The quantitative estimate of drug-likeness (QED) is 0.758. The Morgan fingerprint density at radius 3 is 2.85 bits per heavy atom. The number of amides is 1. The number of halogens is 1. The first kappa shape index (κ1) is 11.0. The van der Waals surface area contributed by atoms with Crippen molar-refractivity contribution in [2.75, 3.05) is 13.1 Å². The molecule has 0 aliphatic carbocycles. The molecule has 0 aromatic heterocycles. The van der Waals surface area contributed by atoms with Gasteiger partial charge in [0.1, 0.15) is 0 Å². The molecule has 0 aromatic carbocycles. The molecule has 76 valence electrons. The molecule has 2 N–H and O–H groups in total. The molecule has 1 aliphatic heterocycles. The second-order valence-corrected chi connectivity index (χ2v) is 4.78. The van der Waals surface area contributed by atoms with Crippen LogP contribution in [0.5, 0.6) is 0 Å². The van der Waals surface area contributed by atoms with Crippen molar-refractivity contribution >= 4 is 21.8 Å². The van der Waals surface area contributed by atoms with Gasteiger partial charge in [-0.2, -0.15) is 0 Å². The van der Waals surface area contributed by atoms with E-state index >= 15 is 0 Å². The fourth-order valence-electron chi connectivity index (χ4n) is 1.81. The summed E-state index contributed by atoms with van der Waals surface area (Å²) < 4.78 is 0. The van der Waals surface area contributed by atoms with Gasteiger partial charge >= 0.3 is 0 Å². The molecule has 0 bridgehead atoms. The Morgan fingerprint density at radius 1 is 1.77 bits per heavy atom. The van der Waals surface area contributed by atoms with Gasteiger partial charge in [0.15, 0.2) is 0 Å². The van der Waals surface area contributed by atoms with Crippen LogP contribution in [-0.4, -0.2) is 34.8 Å². The van der Waals surface area contributed by atoms with E-state index in [1.807, 2.05) is 4.90 Å². The first-order valence-electron chi connectivity index (χ1n) is 4.82. The number of carbonyl (C=O) groups is 1. The van der Waals surface area contributed by atoms with Crippen LogP contribution in [0.25, 0.3) is 0 Å². The van der Waals surface area contributed by atoms with E-state index in [2.05, 4.69) is 22.9 Å². The minimum atomic E-state index is 0.266. The first-order chi connectivity index (χ1) is 6.19. The largest absolute Gasteiger partial charge is 0.339 e. The van der Waals surface area contributed by atoms with Crippen molar-refractivity contribution in [3.05, 3.63) is 0 Å². The minimum absolute atomic E-state index is 0.266. The molecule has 2 unspecified atom stereocenters. The molecule has 3 nitrogen and oxygen atoms in total. The minimum Gasteiger partial charge on any atom is -0.339 e. The maximum atomic E-state index is 11.5. The van der Waals surface area contributed by atoms with Crippen LogP contribution in [-0.2, 0) is 4.79 Å². The summed E-state index contributed by atoms with van der Waals surface area (Å²) in [7, 11) is 0. The summed E-state index contributed by atoms with van der Waals surface area (Å²) >= 11 is 3.47. The predicted octanol–water partition coefficient (Wildman–Crippen LogP) is 1.11. The molecule has 4 heteroatoms. The Bertz CT molecular complexity index is 186. The Morgan fingerprint density at radius 2 is 2.46 bits per heavy atom. The van der Waals surface area contributed by atoms with Crippen molar-refractivity contribution in [2.45, 2.75) is 37.1 Å². The van der Waals surface area contributed by atoms with Crippen LogP contribution in [0.4, 0.5) is 0 Å². The van der Waals surface area contributed by atoms with Gasteiger partial charge in [-0.25, -0.2) is 0 Å². The van der Waals surface area contributed by atoms with Gasteiger partial charge in [-0.15, -0.1) is 0 Å². The van der Waals surface area contributed by atoms with Gasteiger partial charge in [0.2, 0.25) is 5.91 Å². The summed E-state index contributed by atoms with van der Waals surface area (Å²) in [6, 6.07) is 0.347. The topological polar surface area (TPSA) is 46.3 Å². The average Bonchev–Trinajstić information content (AvgIpc) is 2.41. The standard InChI is InChI=1S/C9H17BrN2O/c1-2-8(3-4-11)12-6-7(10)5-9(12)13/h7-8H,2-6,11H2,1H3. The normalized spacial score (nSPS) is 25.3. The third kappa shape index (κ3) is 2.68. The molecule has 1 rings (SSSR count). The van der Waals surface area contributed by atoms with Crippen LogP contribution < -0.4 is 5.73 Å². The van der Waals surface area contributed by atoms with E-state index in [0.29, 0.717) is 23.8 Å². The SMILES string of the molecule is CCC(CCN)N1CC(Br)CC1=O. The number of alkyl halides is 1. The third-order valence-corrected chi connectivity index (χ3v) is 3.14. The second kappa shape index (κ2) is 4.96. The zero-order chi connectivity index (χ0) is 9.84. The van der Waals surface area contributed by atoms with Crippen LogP contribution in [0, 0.1) is 0 Å². The molecule has 0 spiro atoms. The highest BCUT2D eigenvalue weighted by atomic mass is 79.9. The molecule has 0 aromatic rings. The van der Waals surface area contributed by atoms with Crippen molar-refractivity contribution in [3.8, 4) is 0 Å². The number of nitrogens with two attached hydrogens (primary N) is 1. The highest BCUT2D eigenvalue weighted by molar-refractivity contribution is 9.09. The summed E-state index contributed by atoms with van der Waals surface area (Å²) in [5.41, 5.74) is 5.50. The molecule has 2 atom stereocenters. The summed E-state index contributed by atoms with van der Waals surface area (Å²) in [5.74, 6) is 0.266. The molecular weight excluding hydrogens is 232 g/mol. The Labute approximate surface area is 87.8 Å². The number of hydrogen-bond acceptors (Lipinski definition) is 2. The highest BCUT2D eigenvalue weighted by Crippen LogP contribution is 2.22. The molecule has 1 heterocycles. The first-order valence-corrected chi connectivity index (χ1v) is 5.74. The van der Waals surface area contributed by atoms with E-state index in [4.69, 9.17) is 5.73 Å². The zero-order valence-electron chi connectivity index (χ0n) is 8.00. The van der Waals surface area contributed by atoms with Gasteiger partial charge in [-0.1, -0.05) is 22.9 Å². The summed E-state index contributed by atoms with van der Waals surface area (Å²) in [4.78, 5) is 13.8. The van der Waals surface area contributed by atoms with Gasteiger partial charge in [0.25, 0.3) is 0 Å². The highest BCUT2D eigenvalue weighted by Gasteiger charge is 2.31. The number of carbonyl (C=O) groups excluding carboxylic acids is 1. The number of likely N-dealkylation sites (tertiary alicyclic amines) is 1. The fraction of sp³-hybridized carbons (Fsp3) is 0.889. The van der Waals surface area contributed by atoms with Crippen LogP contribution in [0.1, 0.15) is 26.2 Å². The molecule has 1 amide bonds. The Hall–Kier alpha value is -0.0900. The van der Waals surface area contributed by atoms with Crippen LogP contribution >= 0.6 is 15.9 Å². The predicted molar refractivity (Wildman–Crippen MR) is 56.8 cm³/mol. The van der Waals surface area contributed by atoms with Gasteiger partial charge in [-0.3, -0.25) is 4.79 Å². The third-order valence-electron chi connectivity index (χ3n) is 2.52. The Balaban J connectivity index is 2.53. The smallest absolute Gasteiger partial charge is 0.224 e. The lowest BCUT2D eigenvalue weighted by Gasteiger charge is -2.26. The van der Waals surface area contributed by atoms with Gasteiger partial charge in [-0.05, 0) is 19.4 Å². The summed E-state index contributed by atoms with van der Waals surface area (Å²) in [5, 5.41) is 0. The zero-order valence-corrected chi connectivity index (χ0v) is 9.59. The van der Waals surface area contributed by atoms with E-state index in [-0.39, 0.29) is 5.91 Å². The van der Waals surface area contributed by atoms with Crippen molar-refractivity contribution in [3.63, 3.8) is 0 Å². The van der Waals surface area contributed by atoms with Crippen LogP contribution in [0.3, 0.4) is 0 Å². The van der Waals surface area contributed by atoms with Crippen molar-refractivity contribution in [1.82, 2.24) is 4.90 Å². The average molecular weight is 249 g/mol. The number of hydrogen-bond donors (Lipinski definition) is 1. The molecule has 1 fully saturated rings. The maximum absolute atomic E-state index is 11.5. The lowest BCUT2D eigenvalue weighted by molar-refractivity contribution is -0.129. The molecule has 1 aliphatic rings. The molecule has 1 saturated heterocycles. The van der Waals surface area contributed by atoms with E-state index < -0.39 is 0 Å². The lowest BCUT2D eigenvalue weighted by atomic mass is 10.1. The van der Waals surface area contributed by atoms with E-state index in [0.717, 1.165) is 19.4 Å². The molecule has 0 saturated carbocycles. The maximum Gasteiger partial charge on any atom is 0.224 e. The van der Waals surface area contributed by atoms with E-state index in [1.54, 1.807) is 0 Å².